The SMILES string of the molecule is C=C(CCCO)c1ccc2ccccc2c1. The molecule has 1 nitrogen and oxygen atoms in total. The second-order valence-corrected chi connectivity index (χ2v) is 3.99. The van der Waals surface area contributed by atoms with Crippen LogP contribution in [0.15, 0.2) is 49.0 Å². The van der Waals surface area contributed by atoms with E-state index < -0.39 is 0 Å². The third-order valence-corrected chi connectivity index (χ3v) is 2.79. The molecule has 2 rings (SSSR count). The van der Waals surface area contributed by atoms with Crippen molar-refractivity contribution in [3.8, 4) is 0 Å². The zero-order valence-corrected chi connectivity index (χ0v) is 9.32. The molecule has 0 aliphatic carbocycles. The lowest BCUT2D eigenvalue weighted by molar-refractivity contribution is 0.290. The summed E-state index contributed by atoms with van der Waals surface area (Å²) in [6, 6.07) is 14.7. The fraction of sp³-hybridized carbons (Fsp3) is 0.200. The van der Waals surface area contributed by atoms with Crippen LogP contribution in [0.25, 0.3) is 16.3 Å². The lowest BCUT2D eigenvalue weighted by Crippen LogP contribution is -1.87. The number of aliphatic hydroxyl groups is 1. The average Bonchev–Trinajstić information content (AvgIpc) is 2.35. The molecule has 0 spiro atoms. The van der Waals surface area contributed by atoms with Gasteiger partial charge in [-0.05, 0) is 40.8 Å². The van der Waals surface area contributed by atoms with E-state index in [2.05, 4.69) is 36.9 Å². The van der Waals surface area contributed by atoms with E-state index in [-0.39, 0.29) is 6.61 Å². The zero-order valence-electron chi connectivity index (χ0n) is 9.32. The standard InChI is InChI=1S/C15H16O/c1-12(5-4-10-16)14-9-8-13-6-2-3-7-15(13)11-14/h2-3,6-9,11,16H,1,4-5,10H2. The van der Waals surface area contributed by atoms with Gasteiger partial charge >= 0.3 is 0 Å². The molecule has 0 amide bonds. The maximum atomic E-state index is 8.79. The van der Waals surface area contributed by atoms with Crippen molar-refractivity contribution in [2.45, 2.75) is 12.8 Å². The summed E-state index contributed by atoms with van der Waals surface area (Å²) in [5.74, 6) is 0. The molecule has 2 aromatic rings. The predicted molar refractivity (Wildman–Crippen MR) is 69.3 cm³/mol. The minimum Gasteiger partial charge on any atom is -0.396 e. The van der Waals surface area contributed by atoms with Gasteiger partial charge in [0.25, 0.3) is 0 Å². The number of rotatable bonds is 4. The first-order chi connectivity index (χ1) is 7.81. The van der Waals surface area contributed by atoms with Crippen LogP contribution < -0.4 is 0 Å². The quantitative estimate of drug-likeness (QED) is 0.820. The van der Waals surface area contributed by atoms with Crippen molar-refractivity contribution in [2.24, 2.45) is 0 Å². The highest BCUT2D eigenvalue weighted by atomic mass is 16.2. The van der Waals surface area contributed by atoms with Crippen molar-refractivity contribution in [2.75, 3.05) is 6.61 Å². The summed E-state index contributed by atoms with van der Waals surface area (Å²) < 4.78 is 0. The molecule has 0 aromatic heterocycles. The maximum Gasteiger partial charge on any atom is 0.0434 e. The Morgan fingerprint density at radius 2 is 1.81 bits per heavy atom. The lowest BCUT2D eigenvalue weighted by Gasteiger charge is -2.06. The summed E-state index contributed by atoms with van der Waals surface area (Å²) in [4.78, 5) is 0. The molecule has 0 aliphatic heterocycles. The summed E-state index contributed by atoms with van der Waals surface area (Å²) in [7, 11) is 0. The fourth-order valence-corrected chi connectivity index (χ4v) is 1.85. The average molecular weight is 212 g/mol. The molecule has 0 atom stereocenters. The third-order valence-electron chi connectivity index (χ3n) is 2.79. The van der Waals surface area contributed by atoms with Crippen LogP contribution in [0.3, 0.4) is 0 Å². The van der Waals surface area contributed by atoms with Gasteiger partial charge in [-0.25, -0.2) is 0 Å². The predicted octanol–water partition coefficient (Wildman–Crippen LogP) is 3.63. The Kier molecular flexibility index (Phi) is 3.37. The first kappa shape index (κ1) is 10.9. The zero-order chi connectivity index (χ0) is 11.4. The Morgan fingerprint density at radius 1 is 1.06 bits per heavy atom. The van der Waals surface area contributed by atoms with Crippen LogP contribution in [-0.4, -0.2) is 11.7 Å². The van der Waals surface area contributed by atoms with Gasteiger partial charge in [-0.3, -0.25) is 0 Å². The van der Waals surface area contributed by atoms with Crippen LogP contribution in [0, 0.1) is 0 Å². The molecule has 0 radical (unpaired) electrons. The number of hydrogen-bond donors (Lipinski definition) is 1. The Morgan fingerprint density at radius 3 is 2.56 bits per heavy atom. The number of fused-ring (bicyclic) bond motifs is 1. The Bertz CT molecular complexity index is 500. The number of benzene rings is 2. The van der Waals surface area contributed by atoms with Gasteiger partial charge in [0.05, 0.1) is 0 Å². The Balaban J connectivity index is 2.28. The normalized spacial score (nSPS) is 10.6. The number of hydrogen-bond acceptors (Lipinski definition) is 1. The minimum atomic E-state index is 0.229. The molecule has 0 saturated heterocycles. The molecule has 2 aromatic carbocycles. The first-order valence-electron chi connectivity index (χ1n) is 5.59. The molecule has 0 fully saturated rings. The van der Waals surface area contributed by atoms with E-state index in [1.54, 1.807) is 0 Å². The number of aliphatic hydroxyl groups excluding tert-OH is 1. The summed E-state index contributed by atoms with van der Waals surface area (Å²) in [5, 5.41) is 11.3. The third kappa shape index (κ3) is 2.31. The highest BCUT2D eigenvalue weighted by Crippen LogP contribution is 2.22. The van der Waals surface area contributed by atoms with E-state index in [0.717, 1.165) is 18.4 Å². The van der Waals surface area contributed by atoms with E-state index in [9.17, 15) is 0 Å². The molecule has 16 heavy (non-hydrogen) atoms. The second kappa shape index (κ2) is 4.95. The molecule has 82 valence electrons. The van der Waals surface area contributed by atoms with Crippen LogP contribution >= 0.6 is 0 Å². The van der Waals surface area contributed by atoms with Crippen molar-refractivity contribution in [3.05, 3.63) is 54.6 Å². The molecule has 0 saturated carbocycles. The monoisotopic (exact) mass is 212 g/mol. The number of allylic oxidation sites excluding steroid dienone is 1. The topological polar surface area (TPSA) is 20.2 Å². The Labute approximate surface area is 96.0 Å². The van der Waals surface area contributed by atoms with E-state index in [1.165, 1.54) is 16.3 Å². The molecule has 1 N–H and O–H groups in total. The second-order valence-electron chi connectivity index (χ2n) is 3.99. The summed E-state index contributed by atoms with van der Waals surface area (Å²) in [5.41, 5.74) is 2.27. The van der Waals surface area contributed by atoms with Crippen LogP contribution in [-0.2, 0) is 0 Å². The van der Waals surface area contributed by atoms with Gasteiger partial charge in [-0.2, -0.15) is 0 Å². The van der Waals surface area contributed by atoms with Gasteiger partial charge in [-0.1, -0.05) is 43.0 Å². The lowest BCUT2D eigenvalue weighted by atomic mass is 9.99. The van der Waals surface area contributed by atoms with E-state index in [0.29, 0.717) is 0 Å². The smallest absolute Gasteiger partial charge is 0.0434 e. The van der Waals surface area contributed by atoms with Crippen LogP contribution in [0.5, 0.6) is 0 Å². The van der Waals surface area contributed by atoms with E-state index in [1.807, 2.05) is 12.1 Å². The molecule has 0 aliphatic rings. The molecule has 1 heteroatoms. The molecular formula is C15H16O. The molecule has 0 bridgehead atoms. The maximum absolute atomic E-state index is 8.79. The van der Waals surface area contributed by atoms with Crippen molar-refractivity contribution in [1.29, 1.82) is 0 Å². The Hall–Kier alpha value is -1.60. The minimum absolute atomic E-state index is 0.229. The molecular weight excluding hydrogens is 196 g/mol. The summed E-state index contributed by atoms with van der Waals surface area (Å²) >= 11 is 0. The highest BCUT2D eigenvalue weighted by molar-refractivity contribution is 5.86. The van der Waals surface area contributed by atoms with Crippen molar-refractivity contribution < 1.29 is 5.11 Å². The van der Waals surface area contributed by atoms with Crippen molar-refractivity contribution >= 4 is 16.3 Å². The van der Waals surface area contributed by atoms with E-state index >= 15 is 0 Å². The van der Waals surface area contributed by atoms with Crippen molar-refractivity contribution in [1.82, 2.24) is 0 Å². The summed E-state index contributed by atoms with van der Waals surface area (Å²) in [6.45, 7) is 4.29. The molecule has 0 heterocycles. The van der Waals surface area contributed by atoms with Gasteiger partial charge in [0.1, 0.15) is 0 Å². The van der Waals surface area contributed by atoms with Crippen LogP contribution in [0.1, 0.15) is 18.4 Å². The summed E-state index contributed by atoms with van der Waals surface area (Å²) in [6.07, 6.45) is 1.64. The van der Waals surface area contributed by atoms with Crippen LogP contribution in [0.2, 0.25) is 0 Å². The van der Waals surface area contributed by atoms with Crippen molar-refractivity contribution in [3.63, 3.8) is 0 Å². The van der Waals surface area contributed by atoms with Gasteiger partial charge in [0.15, 0.2) is 0 Å². The molecule has 0 unspecified atom stereocenters. The van der Waals surface area contributed by atoms with Gasteiger partial charge in [0.2, 0.25) is 0 Å². The largest absolute Gasteiger partial charge is 0.396 e. The van der Waals surface area contributed by atoms with Crippen LogP contribution in [0.4, 0.5) is 0 Å². The van der Waals surface area contributed by atoms with Gasteiger partial charge < -0.3 is 5.11 Å². The van der Waals surface area contributed by atoms with E-state index in [4.69, 9.17) is 5.11 Å². The van der Waals surface area contributed by atoms with Gasteiger partial charge in [0, 0.05) is 6.61 Å². The first-order valence-corrected chi connectivity index (χ1v) is 5.59. The highest BCUT2D eigenvalue weighted by Gasteiger charge is 2.00. The fourth-order valence-electron chi connectivity index (χ4n) is 1.85. The van der Waals surface area contributed by atoms with Gasteiger partial charge in [-0.15, -0.1) is 0 Å².